The molecule has 26 heavy (non-hydrogen) atoms. The summed E-state index contributed by atoms with van der Waals surface area (Å²) in [5.74, 6) is -1.09. The predicted molar refractivity (Wildman–Crippen MR) is 105 cm³/mol. The van der Waals surface area contributed by atoms with E-state index in [1.807, 2.05) is 0 Å². The van der Waals surface area contributed by atoms with Crippen molar-refractivity contribution < 1.29 is 19.2 Å². The molecule has 8 heteroatoms. The van der Waals surface area contributed by atoms with Crippen LogP contribution in [0.4, 0.5) is 0 Å². The molecule has 3 amide bonds. The largest absolute Gasteiger partial charge is 0.355 e. The Labute approximate surface area is 160 Å². The molecule has 0 heterocycles. The smallest absolute Gasteiger partial charge is 0.239 e. The minimum atomic E-state index is -0.441. The lowest BCUT2D eigenvalue weighted by Gasteiger charge is -2.17. The molecule has 0 spiro atoms. The summed E-state index contributed by atoms with van der Waals surface area (Å²) in [6.45, 7) is 8.35. The van der Waals surface area contributed by atoms with E-state index >= 15 is 0 Å². The first-order valence-corrected chi connectivity index (χ1v) is 10.0. The highest BCUT2D eigenvalue weighted by Crippen LogP contribution is 2.22. The van der Waals surface area contributed by atoms with Crippen molar-refractivity contribution in [1.29, 1.82) is 0 Å². The van der Waals surface area contributed by atoms with E-state index in [2.05, 4.69) is 36.7 Å². The van der Waals surface area contributed by atoms with Gasteiger partial charge in [0.25, 0.3) is 0 Å². The van der Waals surface area contributed by atoms with Gasteiger partial charge in [0, 0.05) is 13.5 Å². The molecule has 7 nitrogen and oxygen atoms in total. The number of carbonyl (C=O) groups is 4. The van der Waals surface area contributed by atoms with Crippen LogP contribution in [0.2, 0.25) is 0 Å². The van der Waals surface area contributed by atoms with Gasteiger partial charge in [-0.1, -0.05) is 51.8 Å². The van der Waals surface area contributed by atoms with Gasteiger partial charge in [-0.2, -0.15) is 0 Å². The molecular weight excluding hydrogens is 354 g/mol. The van der Waals surface area contributed by atoms with Crippen molar-refractivity contribution in [1.82, 2.24) is 16.0 Å². The average Bonchev–Trinajstić information content (AvgIpc) is 2.54. The van der Waals surface area contributed by atoms with E-state index in [0.717, 1.165) is 31.0 Å². The van der Waals surface area contributed by atoms with Crippen LogP contribution in [-0.4, -0.2) is 48.2 Å². The van der Waals surface area contributed by atoms with Crippen molar-refractivity contribution in [2.24, 2.45) is 5.41 Å². The van der Waals surface area contributed by atoms with Crippen LogP contribution in [0.5, 0.6) is 0 Å². The van der Waals surface area contributed by atoms with Gasteiger partial charge >= 0.3 is 0 Å². The number of nitrogens with one attached hydrogen (secondary N) is 3. The minimum absolute atomic E-state index is 0.0150. The maximum atomic E-state index is 11.6. The highest BCUT2D eigenvalue weighted by molar-refractivity contribution is 8.14. The highest BCUT2D eigenvalue weighted by Gasteiger charge is 2.09. The lowest BCUT2D eigenvalue weighted by Crippen LogP contribution is -2.42. The van der Waals surface area contributed by atoms with Gasteiger partial charge in [0.15, 0.2) is 5.12 Å². The summed E-state index contributed by atoms with van der Waals surface area (Å²) >= 11 is 0.880. The second kappa shape index (κ2) is 13.6. The third-order valence-corrected chi connectivity index (χ3v) is 4.29. The molecule has 0 aromatic carbocycles. The number of hydrogen-bond acceptors (Lipinski definition) is 5. The summed E-state index contributed by atoms with van der Waals surface area (Å²) in [4.78, 5) is 45.2. The zero-order chi connectivity index (χ0) is 20.0. The monoisotopic (exact) mass is 387 g/mol. The molecule has 0 atom stereocenters. The van der Waals surface area contributed by atoms with Gasteiger partial charge < -0.3 is 16.0 Å². The van der Waals surface area contributed by atoms with Gasteiger partial charge in [-0.25, -0.2) is 0 Å². The molecule has 0 aliphatic rings. The van der Waals surface area contributed by atoms with Crippen molar-refractivity contribution in [3.05, 3.63) is 0 Å². The van der Waals surface area contributed by atoms with E-state index in [-0.39, 0.29) is 29.9 Å². The van der Waals surface area contributed by atoms with E-state index in [9.17, 15) is 19.2 Å². The average molecular weight is 388 g/mol. The van der Waals surface area contributed by atoms with Crippen LogP contribution in [0.1, 0.15) is 59.8 Å². The zero-order valence-corrected chi connectivity index (χ0v) is 17.2. The van der Waals surface area contributed by atoms with Crippen LogP contribution < -0.4 is 16.0 Å². The normalized spacial score (nSPS) is 10.9. The second-order valence-corrected chi connectivity index (χ2v) is 8.56. The van der Waals surface area contributed by atoms with Crippen LogP contribution in [-0.2, 0) is 19.2 Å². The number of amides is 3. The molecule has 0 saturated carbocycles. The molecule has 0 aliphatic carbocycles. The molecule has 0 bridgehead atoms. The third-order valence-electron chi connectivity index (χ3n) is 3.47. The molecule has 3 N–H and O–H groups in total. The summed E-state index contributed by atoms with van der Waals surface area (Å²) in [6.07, 6.45) is 5.56. The van der Waals surface area contributed by atoms with E-state index < -0.39 is 11.8 Å². The molecule has 0 aromatic heterocycles. The molecule has 150 valence electrons. The van der Waals surface area contributed by atoms with Crippen molar-refractivity contribution in [2.75, 3.05) is 25.4 Å². The number of thioether (sulfide) groups is 1. The van der Waals surface area contributed by atoms with Gasteiger partial charge in [-0.05, 0) is 18.3 Å². The standard InChI is InChI=1S/C18H33N3O4S/c1-14(22)26-13-17(25)21-12-16(24)20-11-15(23)19-10-8-6-5-7-9-18(2,3)4/h5-13H2,1-4H3,(H,19,23)(H,20,24)(H,21,25). The Balaban J connectivity index is 3.59. The SMILES string of the molecule is CC(=O)SCC(=O)NCC(=O)NCC(=O)NCCCCCCC(C)(C)C. The van der Waals surface area contributed by atoms with Gasteiger partial charge in [0.2, 0.25) is 17.7 Å². The fourth-order valence-electron chi connectivity index (χ4n) is 2.06. The van der Waals surface area contributed by atoms with E-state index in [1.165, 1.54) is 19.8 Å². The molecule has 0 rings (SSSR count). The quantitative estimate of drug-likeness (QED) is 0.441. The number of carbonyl (C=O) groups excluding carboxylic acids is 4. The number of rotatable bonds is 12. The summed E-state index contributed by atoms with van der Waals surface area (Å²) < 4.78 is 0. The molecule has 0 saturated heterocycles. The van der Waals surface area contributed by atoms with E-state index in [1.54, 1.807) is 0 Å². The molecule has 0 aliphatic heterocycles. The molecule has 0 unspecified atom stereocenters. The third kappa shape index (κ3) is 17.3. The van der Waals surface area contributed by atoms with Crippen molar-refractivity contribution in [3.8, 4) is 0 Å². The van der Waals surface area contributed by atoms with Gasteiger partial charge in [0.05, 0.1) is 18.8 Å². The van der Waals surface area contributed by atoms with Crippen molar-refractivity contribution in [2.45, 2.75) is 59.8 Å². The Morgan fingerprint density at radius 3 is 1.88 bits per heavy atom. The summed E-state index contributed by atoms with van der Waals surface area (Å²) in [5, 5.41) is 7.43. The molecule has 0 aromatic rings. The summed E-state index contributed by atoms with van der Waals surface area (Å²) in [6, 6.07) is 0. The maximum absolute atomic E-state index is 11.6. The molecule has 0 fully saturated rings. The highest BCUT2D eigenvalue weighted by atomic mass is 32.2. The Morgan fingerprint density at radius 2 is 1.31 bits per heavy atom. The Hall–Kier alpha value is -1.57. The Kier molecular flexibility index (Phi) is 12.8. The maximum Gasteiger partial charge on any atom is 0.239 e. The van der Waals surface area contributed by atoms with Gasteiger partial charge in [-0.3, -0.25) is 19.2 Å². The minimum Gasteiger partial charge on any atom is -0.355 e. The molecule has 0 radical (unpaired) electrons. The van der Waals surface area contributed by atoms with Crippen LogP contribution >= 0.6 is 11.8 Å². The number of hydrogen-bond donors (Lipinski definition) is 3. The first-order valence-electron chi connectivity index (χ1n) is 9.03. The summed E-state index contributed by atoms with van der Waals surface area (Å²) in [5.41, 5.74) is 0.373. The van der Waals surface area contributed by atoms with Gasteiger partial charge in [-0.15, -0.1) is 0 Å². The fraction of sp³-hybridized carbons (Fsp3) is 0.778. The summed E-state index contributed by atoms with van der Waals surface area (Å²) in [7, 11) is 0. The van der Waals surface area contributed by atoms with Crippen LogP contribution in [0.3, 0.4) is 0 Å². The topological polar surface area (TPSA) is 104 Å². The van der Waals surface area contributed by atoms with Gasteiger partial charge in [0.1, 0.15) is 0 Å². The first-order chi connectivity index (χ1) is 12.1. The molecular formula is C18H33N3O4S. The van der Waals surface area contributed by atoms with Crippen LogP contribution in [0.25, 0.3) is 0 Å². The van der Waals surface area contributed by atoms with Crippen LogP contribution in [0, 0.1) is 5.41 Å². The Bertz CT molecular complexity index is 476. The van der Waals surface area contributed by atoms with Crippen molar-refractivity contribution >= 4 is 34.6 Å². The fourth-order valence-corrected chi connectivity index (χ4v) is 2.50. The van der Waals surface area contributed by atoms with E-state index in [0.29, 0.717) is 12.0 Å². The van der Waals surface area contributed by atoms with E-state index in [4.69, 9.17) is 0 Å². The van der Waals surface area contributed by atoms with Crippen LogP contribution in [0.15, 0.2) is 0 Å². The van der Waals surface area contributed by atoms with Crippen molar-refractivity contribution in [3.63, 3.8) is 0 Å². The second-order valence-electron chi connectivity index (χ2n) is 7.41. The lowest BCUT2D eigenvalue weighted by atomic mass is 9.89. The zero-order valence-electron chi connectivity index (χ0n) is 16.4. The number of unbranched alkanes of at least 4 members (excludes halogenated alkanes) is 3. The first kappa shape index (κ1) is 24.4. The Morgan fingerprint density at radius 1 is 0.769 bits per heavy atom. The predicted octanol–water partition coefficient (Wildman–Crippen LogP) is 1.61. The lowest BCUT2D eigenvalue weighted by molar-refractivity contribution is -0.127.